The second-order valence-corrected chi connectivity index (χ2v) is 5.28. The predicted octanol–water partition coefficient (Wildman–Crippen LogP) is 4.33. The Morgan fingerprint density at radius 3 is 2.38 bits per heavy atom. The smallest absolute Gasteiger partial charge is 0.120 e. The van der Waals surface area contributed by atoms with E-state index in [2.05, 4.69) is 61.6 Å². The van der Waals surface area contributed by atoms with Gasteiger partial charge in [0.25, 0.3) is 0 Å². The van der Waals surface area contributed by atoms with Gasteiger partial charge in [-0.05, 0) is 48.2 Å². The van der Waals surface area contributed by atoms with Gasteiger partial charge in [-0.25, -0.2) is 0 Å². The quantitative estimate of drug-likeness (QED) is 0.728. The summed E-state index contributed by atoms with van der Waals surface area (Å²) in [5.74, 6) is 0.936. The van der Waals surface area contributed by atoms with Gasteiger partial charge in [0.05, 0.1) is 0 Å². The molecule has 0 aliphatic heterocycles. The lowest BCUT2D eigenvalue weighted by Gasteiger charge is -2.09. The van der Waals surface area contributed by atoms with Crippen molar-refractivity contribution < 1.29 is 4.74 Å². The molecule has 0 radical (unpaired) electrons. The zero-order valence-electron chi connectivity index (χ0n) is 13.1. The van der Waals surface area contributed by atoms with Gasteiger partial charge in [-0.2, -0.15) is 0 Å². The van der Waals surface area contributed by atoms with Crippen molar-refractivity contribution in [2.45, 2.75) is 39.8 Å². The predicted molar refractivity (Wildman–Crippen MR) is 88.6 cm³/mol. The number of rotatable bonds is 8. The monoisotopic (exact) mass is 283 g/mol. The molecule has 21 heavy (non-hydrogen) atoms. The fourth-order valence-corrected chi connectivity index (χ4v) is 2.19. The van der Waals surface area contributed by atoms with Gasteiger partial charge < -0.3 is 10.1 Å². The molecule has 0 aliphatic rings. The van der Waals surface area contributed by atoms with Crippen LogP contribution in [0, 0.1) is 0 Å². The highest BCUT2D eigenvalue weighted by molar-refractivity contribution is 5.29. The lowest BCUT2D eigenvalue weighted by molar-refractivity contribution is 0.306. The zero-order chi connectivity index (χ0) is 14.9. The molecule has 1 N–H and O–H groups in total. The van der Waals surface area contributed by atoms with E-state index in [-0.39, 0.29) is 0 Å². The Bertz CT molecular complexity index is 534. The largest absolute Gasteiger partial charge is 0.489 e. The van der Waals surface area contributed by atoms with E-state index < -0.39 is 0 Å². The van der Waals surface area contributed by atoms with Gasteiger partial charge in [0.2, 0.25) is 0 Å². The standard InChI is InChI=1S/C19H25NO/c1-3-12-20-14-18-6-5-7-19(13-18)21-15-17-10-8-16(4-2)9-11-17/h5-11,13,20H,3-4,12,14-15H2,1-2H3. The summed E-state index contributed by atoms with van der Waals surface area (Å²) >= 11 is 0. The average Bonchev–Trinajstić information content (AvgIpc) is 2.54. The fourth-order valence-electron chi connectivity index (χ4n) is 2.19. The third kappa shape index (κ3) is 5.24. The maximum absolute atomic E-state index is 5.88. The molecule has 2 nitrogen and oxygen atoms in total. The Morgan fingerprint density at radius 2 is 1.67 bits per heavy atom. The lowest BCUT2D eigenvalue weighted by atomic mass is 10.1. The number of ether oxygens (including phenoxy) is 1. The van der Waals surface area contributed by atoms with Gasteiger partial charge in [0.15, 0.2) is 0 Å². The molecule has 2 rings (SSSR count). The maximum atomic E-state index is 5.88. The Labute approximate surface area is 128 Å². The zero-order valence-corrected chi connectivity index (χ0v) is 13.1. The second-order valence-electron chi connectivity index (χ2n) is 5.28. The topological polar surface area (TPSA) is 21.3 Å². The van der Waals surface area contributed by atoms with Crippen LogP contribution in [-0.2, 0) is 19.6 Å². The maximum Gasteiger partial charge on any atom is 0.120 e. The van der Waals surface area contributed by atoms with Crippen LogP contribution in [0.1, 0.15) is 37.0 Å². The van der Waals surface area contributed by atoms with Crippen LogP contribution in [0.15, 0.2) is 48.5 Å². The molecule has 0 saturated heterocycles. The first-order valence-electron chi connectivity index (χ1n) is 7.82. The van der Waals surface area contributed by atoms with E-state index in [4.69, 9.17) is 4.74 Å². The van der Waals surface area contributed by atoms with Crippen LogP contribution < -0.4 is 10.1 Å². The van der Waals surface area contributed by atoms with Crippen LogP contribution in [0.5, 0.6) is 5.75 Å². The van der Waals surface area contributed by atoms with Gasteiger partial charge in [-0.3, -0.25) is 0 Å². The van der Waals surface area contributed by atoms with Crippen molar-refractivity contribution in [3.05, 3.63) is 65.2 Å². The van der Waals surface area contributed by atoms with Crippen molar-refractivity contribution in [2.75, 3.05) is 6.54 Å². The van der Waals surface area contributed by atoms with Crippen molar-refractivity contribution in [1.82, 2.24) is 5.32 Å². The molecular weight excluding hydrogens is 258 g/mol. The molecule has 0 saturated carbocycles. The van der Waals surface area contributed by atoms with Crippen LogP contribution in [0.2, 0.25) is 0 Å². The Hall–Kier alpha value is -1.80. The van der Waals surface area contributed by atoms with Crippen molar-refractivity contribution in [3.63, 3.8) is 0 Å². The SMILES string of the molecule is CCCNCc1cccc(OCc2ccc(CC)cc2)c1. The summed E-state index contributed by atoms with van der Waals surface area (Å²) in [4.78, 5) is 0. The van der Waals surface area contributed by atoms with Crippen molar-refractivity contribution in [1.29, 1.82) is 0 Å². The molecule has 2 heteroatoms. The van der Waals surface area contributed by atoms with Crippen LogP contribution in [0.4, 0.5) is 0 Å². The molecule has 0 atom stereocenters. The molecule has 2 aromatic rings. The Morgan fingerprint density at radius 1 is 0.905 bits per heavy atom. The number of hydrogen-bond donors (Lipinski definition) is 1. The molecule has 0 unspecified atom stereocenters. The van der Waals surface area contributed by atoms with Gasteiger partial charge in [-0.1, -0.05) is 50.2 Å². The number of aryl methyl sites for hydroxylation is 1. The van der Waals surface area contributed by atoms with Crippen LogP contribution in [-0.4, -0.2) is 6.54 Å². The fraction of sp³-hybridized carbons (Fsp3) is 0.368. The van der Waals surface area contributed by atoms with Crippen molar-refractivity contribution in [3.8, 4) is 5.75 Å². The first-order valence-corrected chi connectivity index (χ1v) is 7.82. The first kappa shape index (κ1) is 15.6. The Kier molecular flexibility index (Phi) is 6.29. The summed E-state index contributed by atoms with van der Waals surface area (Å²) < 4.78 is 5.88. The summed E-state index contributed by atoms with van der Waals surface area (Å²) in [7, 11) is 0. The second kappa shape index (κ2) is 8.48. The number of hydrogen-bond acceptors (Lipinski definition) is 2. The molecule has 0 heterocycles. The normalized spacial score (nSPS) is 10.6. The van der Waals surface area contributed by atoms with Gasteiger partial charge >= 0.3 is 0 Å². The van der Waals surface area contributed by atoms with E-state index in [1.54, 1.807) is 0 Å². The van der Waals surface area contributed by atoms with Gasteiger partial charge in [0, 0.05) is 6.54 Å². The van der Waals surface area contributed by atoms with Gasteiger partial charge in [-0.15, -0.1) is 0 Å². The van der Waals surface area contributed by atoms with E-state index in [0.717, 1.165) is 31.7 Å². The van der Waals surface area contributed by atoms with Gasteiger partial charge in [0.1, 0.15) is 12.4 Å². The van der Waals surface area contributed by atoms with Crippen LogP contribution in [0.3, 0.4) is 0 Å². The highest BCUT2D eigenvalue weighted by Gasteiger charge is 1.99. The lowest BCUT2D eigenvalue weighted by Crippen LogP contribution is -2.13. The summed E-state index contributed by atoms with van der Waals surface area (Å²) in [6.45, 7) is 6.92. The molecule has 0 aromatic heterocycles. The molecule has 0 spiro atoms. The summed E-state index contributed by atoms with van der Waals surface area (Å²) in [5.41, 5.74) is 3.84. The molecule has 0 aliphatic carbocycles. The van der Waals surface area contributed by atoms with E-state index in [1.807, 2.05) is 6.07 Å². The van der Waals surface area contributed by atoms with E-state index >= 15 is 0 Å². The van der Waals surface area contributed by atoms with Crippen molar-refractivity contribution >= 4 is 0 Å². The number of benzene rings is 2. The molecular formula is C19H25NO. The third-order valence-corrected chi connectivity index (χ3v) is 3.49. The molecule has 0 bridgehead atoms. The highest BCUT2D eigenvalue weighted by atomic mass is 16.5. The molecule has 2 aromatic carbocycles. The third-order valence-electron chi connectivity index (χ3n) is 3.49. The van der Waals surface area contributed by atoms with Crippen LogP contribution >= 0.6 is 0 Å². The minimum atomic E-state index is 0.621. The molecule has 0 amide bonds. The average molecular weight is 283 g/mol. The summed E-state index contributed by atoms with van der Waals surface area (Å²) in [6.07, 6.45) is 2.23. The number of nitrogens with one attached hydrogen (secondary N) is 1. The first-order chi connectivity index (χ1) is 10.3. The molecule has 112 valence electrons. The van der Waals surface area contributed by atoms with E-state index in [9.17, 15) is 0 Å². The Balaban J connectivity index is 1.88. The van der Waals surface area contributed by atoms with Crippen LogP contribution in [0.25, 0.3) is 0 Å². The van der Waals surface area contributed by atoms with E-state index in [1.165, 1.54) is 16.7 Å². The highest BCUT2D eigenvalue weighted by Crippen LogP contribution is 2.15. The molecule has 0 fully saturated rings. The van der Waals surface area contributed by atoms with Crippen molar-refractivity contribution in [2.24, 2.45) is 0 Å². The summed E-state index contributed by atoms with van der Waals surface area (Å²) in [6, 6.07) is 16.9. The minimum absolute atomic E-state index is 0.621. The summed E-state index contributed by atoms with van der Waals surface area (Å²) in [5, 5.41) is 3.41. The minimum Gasteiger partial charge on any atom is -0.489 e. The van der Waals surface area contributed by atoms with E-state index in [0.29, 0.717) is 6.61 Å².